The molecule has 8 heteroatoms. The molecule has 0 atom stereocenters. The number of aromatic carboxylic acids is 2. The molecular weight excluding hydrogens is 424 g/mol. The van der Waals surface area contributed by atoms with E-state index in [1.54, 1.807) is 0 Å². The molecule has 0 fully saturated rings. The molecule has 3 rings (SSSR count). The molecule has 0 radical (unpaired) electrons. The molecule has 0 aromatic heterocycles. The number of hydrogen-bond acceptors (Lipinski definition) is 6. The van der Waals surface area contributed by atoms with Crippen LogP contribution in [0.25, 0.3) is 10.8 Å². The average molecular weight is 453 g/mol. The molecule has 0 heterocycles. The van der Waals surface area contributed by atoms with Gasteiger partial charge >= 0.3 is 11.9 Å². The van der Waals surface area contributed by atoms with Crippen LogP contribution in [0.4, 0.5) is 0 Å². The number of benzene rings is 3. The van der Waals surface area contributed by atoms with Gasteiger partial charge in [0.2, 0.25) is 0 Å². The van der Waals surface area contributed by atoms with Gasteiger partial charge in [0.25, 0.3) is 0 Å². The summed E-state index contributed by atoms with van der Waals surface area (Å²) in [5.41, 5.74) is 12.5. The van der Waals surface area contributed by atoms with Gasteiger partial charge in [-0.2, -0.15) is 0 Å². The molecule has 33 heavy (non-hydrogen) atoms. The predicted molar refractivity (Wildman–Crippen MR) is 127 cm³/mol. The number of rotatable bonds is 6. The van der Waals surface area contributed by atoms with Crippen LogP contribution in [0.5, 0.6) is 0 Å². The highest BCUT2D eigenvalue weighted by Crippen LogP contribution is 2.28. The molecule has 0 spiro atoms. The largest absolute Gasteiger partial charge is 0.478 e. The van der Waals surface area contributed by atoms with Crippen molar-refractivity contribution in [3.05, 3.63) is 81.9 Å². The minimum atomic E-state index is -1.31. The topological polar surface area (TPSA) is 161 Å². The zero-order valence-electron chi connectivity index (χ0n) is 18.6. The summed E-state index contributed by atoms with van der Waals surface area (Å²) in [4.78, 5) is 44.5. The van der Waals surface area contributed by atoms with Gasteiger partial charge in [0.05, 0.1) is 11.1 Å². The molecule has 0 amide bonds. The van der Waals surface area contributed by atoms with Crippen LogP contribution in [0, 0.1) is 6.92 Å². The molecule has 3 aromatic carbocycles. The molecule has 0 aliphatic heterocycles. The first-order chi connectivity index (χ1) is 15.7. The van der Waals surface area contributed by atoms with Crippen LogP contribution in [0.15, 0.2) is 48.5 Å². The van der Waals surface area contributed by atoms with E-state index in [1.807, 2.05) is 6.92 Å². The number of carboxylic acid groups (broad SMARTS) is 2. The summed E-state index contributed by atoms with van der Waals surface area (Å²) < 4.78 is 0. The van der Waals surface area contributed by atoms with Crippen LogP contribution >= 0.6 is 0 Å². The highest BCUT2D eigenvalue weighted by Gasteiger charge is 2.20. The average Bonchev–Trinajstić information content (AvgIpc) is 2.78. The van der Waals surface area contributed by atoms with E-state index in [4.69, 9.17) is 21.7 Å². The normalized spacial score (nSPS) is 9.70. The summed E-state index contributed by atoms with van der Waals surface area (Å²) in [7, 11) is 0. The van der Waals surface area contributed by atoms with Gasteiger partial charge < -0.3 is 21.7 Å². The van der Waals surface area contributed by atoms with Crippen molar-refractivity contribution in [2.24, 2.45) is 11.5 Å². The fourth-order valence-electron chi connectivity index (χ4n) is 3.14. The summed E-state index contributed by atoms with van der Waals surface area (Å²) in [6.45, 7) is 5.49. The Hall–Kier alpha value is -3.88. The lowest BCUT2D eigenvalue weighted by Gasteiger charge is -2.10. The van der Waals surface area contributed by atoms with Crippen LogP contribution in [-0.4, -0.2) is 47.8 Å². The van der Waals surface area contributed by atoms with E-state index in [-0.39, 0.29) is 33.0 Å². The summed E-state index contributed by atoms with van der Waals surface area (Å²) in [6.07, 6.45) is 1.84. The Bertz CT molecular complexity index is 1080. The van der Waals surface area contributed by atoms with E-state index < -0.39 is 11.9 Å². The summed E-state index contributed by atoms with van der Waals surface area (Å²) >= 11 is 0. The second-order valence-electron chi connectivity index (χ2n) is 6.94. The molecule has 8 nitrogen and oxygen atoms in total. The zero-order valence-corrected chi connectivity index (χ0v) is 18.6. The number of fused-ring (bicyclic) bond motifs is 1. The van der Waals surface area contributed by atoms with Crippen LogP contribution in [0.3, 0.4) is 0 Å². The van der Waals surface area contributed by atoms with Gasteiger partial charge in [0.15, 0.2) is 12.6 Å². The van der Waals surface area contributed by atoms with Crippen LogP contribution in [-0.2, 0) is 6.42 Å². The van der Waals surface area contributed by atoms with Crippen molar-refractivity contribution in [1.29, 1.82) is 0 Å². The Morgan fingerprint density at radius 2 is 1.30 bits per heavy atom. The molecule has 0 bridgehead atoms. The third kappa shape index (κ3) is 7.34. The fraction of sp³-hybridized carbons (Fsp3) is 0.200. The molecule has 0 aliphatic rings. The Balaban J connectivity index is 0.000000349. The van der Waals surface area contributed by atoms with E-state index >= 15 is 0 Å². The molecule has 0 saturated heterocycles. The van der Waals surface area contributed by atoms with Crippen molar-refractivity contribution in [2.75, 3.05) is 13.1 Å². The SMILES string of the molecule is CCN.Cc1cccc(CCN)c1.O=Cc1ccc(C(=O)O)c2c(C=O)ccc(C(=O)O)c12. The van der Waals surface area contributed by atoms with Crippen molar-refractivity contribution in [2.45, 2.75) is 20.3 Å². The van der Waals surface area contributed by atoms with Crippen LogP contribution < -0.4 is 11.5 Å². The van der Waals surface area contributed by atoms with Crippen molar-refractivity contribution in [3.63, 3.8) is 0 Å². The lowest BCUT2D eigenvalue weighted by atomic mass is 9.92. The highest BCUT2D eigenvalue weighted by atomic mass is 16.4. The molecular formula is C25H28N2O6. The maximum absolute atomic E-state index is 11.2. The van der Waals surface area contributed by atoms with Gasteiger partial charge in [-0.1, -0.05) is 48.9 Å². The second kappa shape index (κ2) is 13.5. The minimum absolute atomic E-state index is 0.0195. The quantitative estimate of drug-likeness (QED) is 0.414. The van der Waals surface area contributed by atoms with Crippen molar-refractivity contribution < 1.29 is 29.4 Å². The van der Waals surface area contributed by atoms with E-state index in [1.165, 1.54) is 35.4 Å². The Labute approximate surface area is 191 Å². The Kier molecular flexibility index (Phi) is 11.1. The first-order valence-electron chi connectivity index (χ1n) is 10.2. The van der Waals surface area contributed by atoms with Gasteiger partial charge in [0, 0.05) is 21.9 Å². The smallest absolute Gasteiger partial charge is 0.336 e. The Morgan fingerprint density at radius 1 is 0.848 bits per heavy atom. The van der Waals surface area contributed by atoms with Crippen molar-refractivity contribution in [3.8, 4) is 0 Å². The standard InChI is InChI=1S/C14H8O6.C9H13N.C2H7N/c15-5-7-1-3-9(13(17)18)12-8(6-16)2-4-10(11(7)12)14(19)20;1-8-3-2-4-9(7-8)5-6-10;1-2-3/h1-6H,(H,17,18)(H,19,20);2-4,7H,5-6,10H2,1H3;2-3H2,1H3. The second-order valence-corrected chi connectivity index (χ2v) is 6.94. The summed E-state index contributed by atoms with van der Waals surface area (Å²) in [5.74, 6) is -2.61. The van der Waals surface area contributed by atoms with Crippen molar-refractivity contribution in [1.82, 2.24) is 0 Å². The lowest BCUT2D eigenvalue weighted by molar-refractivity contribution is 0.0686. The molecule has 0 aliphatic carbocycles. The van der Waals surface area contributed by atoms with Gasteiger partial charge in [-0.3, -0.25) is 9.59 Å². The minimum Gasteiger partial charge on any atom is -0.478 e. The van der Waals surface area contributed by atoms with Crippen LogP contribution in [0.2, 0.25) is 0 Å². The summed E-state index contributed by atoms with van der Waals surface area (Å²) in [5, 5.41) is 18.2. The highest BCUT2D eigenvalue weighted by molar-refractivity contribution is 6.19. The number of hydrogen-bond donors (Lipinski definition) is 4. The number of aldehydes is 2. The van der Waals surface area contributed by atoms with E-state index in [0.29, 0.717) is 12.6 Å². The molecule has 6 N–H and O–H groups in total. The van der Waals surface area contributed by atoms with Crippen molar-refractivity contribution >= 4 is 35.3 Å². The lowest BCUT2D eigenvalue weighted by Crippen LogP contribution is -2.06. The Morgan fingerprint density at radius 3 is 1.64 bits per heavy atom. The number of aryl methyl sites for hydroxylation is 1. The first-order valence-corrected chi connectivity index (χ1v) is 10.2. The van der Waals surface area contributed by atoms with Gasteiger partial charge in [-0.05, 0) is 44.1 Å². The fourth-order valence-corrected chi connectivity index (χ4v) is 3.14. The maximum atomic E-state index is 11.2. The molecule has 174 valence electrons. The van der Waals surface area contributed by atoms with Gasteiger partial charge in [0.1, 0.15) is 0 Å². The number of carbonyl (C=O) groups excluding carboxylic acids is 2. The predicted octanol–water partition coefficient (Wildman–Crippen LogP) is 3.32. The number of carboxylic acids is 2. The third-order valence-corrected chi connectivity index (χ3v) is 4.46. The van der Waals surface area contributed by atoms with Gasteiger partial charge in [-0.25, -0.2) is 9.59 Å². The number of carbonyl (C=O) groups is 4. The third-order valence-electron chi connectivity index (χ3n) is 4.46. The van der Waals surface area contributed by atoms with E-state index in [0.717, 1.165) is 19.5 Å². The van der Waals surface area contributed by atoms with Gasteiger partial charge in [-0.15, -0.1) is 0 Å². The molecule has 0 saturated carbocycles. The first kappa shape index (κ1) is 27.2. The van der Waals surface area contributed by atoms with E-state index in [2.05, 4.69) is 31.2 Å². The van der Waals surface area contributed by atoms with Crippen LogP contribution in [0.1, 0.15) is 59.5 Å². The summed E-state index contributed by atoms with van der Waals surface area (Å²) in [6, 6.07) is 13.2. The maximum Gasteiger partial charge on any atom is 0.336 e. The monoisotopic (exact) mass is 452 g/mol. The molecule has 3 aromatic rings. The number of nitrogens with two attached hydrogens (primary N) is 2. The zero-order chi connectivity index (χ0) is 25.0. The van der Waals surface area contributed by atoms with E-state index in [9.17, 15) is 19.2 Å². The molecule has 0 unspecified atom stereocenters.